The molecular formula is C11H14N4S. The largest absolute Gasteiger partial charge is 0.312 e. The lowest BCUT2D eigenvalue weighted by atomic mass is 10.3. The fourth-order valence-corrected chi connectivity index (χ4v) is 2.18. The third-order valence-electron chi connectivity index (χ3n) is 2.16. The van der Waals surface area contributed by atoms with E-state index in [9.17, 15) is 0 Å². The van der Waals surface area contributed by atoms with Crippen LogP contribution in [0.2, 0.25) is 0 Å². The molecule has 0 bridgehead atoms. The number of hydrogen-bond acceptors (Lipinski definition) is 5. The second-order valence-corrected chi connectivity index (χ2v) is 4.84. The molecule has 0 spiro atoms. The van der Waals surface area contributed by atoms with Gasteiger partial charge in [-0.1, -0.05) is 0 Å². The normalized spacial score (nSPS) is 10.6. The summed E-state index contributed by atoms with van der Waals surface area (Å²) in [5.74, 6) is 0. The highest BCUT2D eigenvalue weighted by Gasteiger charge is 1.97. The average Bonchev–Trinajstić information content (AvgIpc) is 2.72. The molecule has 2 heterocycles. The van der Waals surface area contributed by atoms with Gasteiger partial charge >= 0.3 is 0 Å². The molecule has 1 N–H and O–H groups in total. The lowest BCUT2D eigenvalue weighted by molar-refractivity contribution is 0.686. The van der Waals surface area contributed by atoms with Crippen LogP contribution < -0.4 is 5.32 Å². The predicted molar refractivity (Wildman–Crippen MR) is 64.3 cm³/mol. The van der Waals surface area contributed by atoms with Crippen LogP contribution in [0.25, 0.3) is 0 Å². The first-order valence-corrected chi connectivity index (χ1v) is 6.02. The first kappa shape index (κ1) is 11.2. The summed E-state index contributed by atoms with van der Waals surface area (Å²) < 4.78 is 0. The Balaban J connectivity index is 1.69. The molecule has 0 saturated heterocycles. The second kappa shape index (κ2) is 5.67. The highest BCUT2D eigenvalue weighted by atomic mass is 32.1. The average molecular weight is 234 g/mol. The monoisotopic (exact) mass is 234 g/mol. The van der Waals surface area contributed by atoms with E-state index in [1.165, 1.54) is 4.88 Å². The molecule has 0 amide bonds. The quantitative estimate of drug-likeness (QED) is 0.798. The molecule has 2 aromatic heterocycles. The summed E-state index contributed by atoms with van der Waals surface area (Å²) in [7, 11) is 0. The number of aryl methyl sites for hydroxylation is 1. The summed E-state index contributed by atoms with van der Waals surface area (Å²) in [5.41, 5.74) is 1.11. The van der Waals surface area contributed by atoms with E-state index in [4.69, 9.17) is 0 Å². The third-order valence-corrected chi connectivity index (χ3v) is 3.13. The first-order valence-electron chi connectivity index (χ1n) is 5.20. The Kier molecular flexibility index (Phi) is 3.96. The minimum Gasteiger partial charge on any atom is -0.312 e. The van der Waals surface area contributed by atoms with Crippen molar-refractivity contribution in [1.29, 1.82) is 0 Å². The van der Waals surface area contributed by atoms with Gasteiger partial charge in [0.25, 0.3) is 0 Å². The molecule has 4 nitrogen and oxygen atoms in total. The highest BCUT2D eigenvalue weighted by molar-refractivity contribution is 7.11. The van der Waals surface area contributed by atoms with E-state index < -0.39 is 0 Å². The molecule has 0 aromatic carbocycles. The molecule has 0 aliphatic rings. The maximum absolute atomic E-state index is 4.22. The van der Waals surface area contributed by atoms with Gasteiger partial charge in [0.05, 0.1) is 5.01 Å². The van der Waals surface area contributed by atoms with Gasteiger partial charge < -0.3 is 5.32 Å². The fourth-order valence-electron chi connectivity index (χ4n) is 1.39. The second-order valence-electron chi connectivity index (χ2n) is 3.52. The van der Waals surface area contributed by atoms with Gasteiger partial charge in [-0.2, -0.15) is 0 Å². The van der Waals surface area contributed by atoms with Crippen LogP contribution in [0.4, 0.5) is 0 Å². The van der Waals surface area contributed by atoms with Crippen molar-refractivity contribution in [2.24, 2.45) is 0 Å². The van der Waals surface area contributed by atoms with Crippen molar-refractivity contribution in [2.45, 2.75) is 19.9 Å². The molecule has 0 fully saturated rings. The molecule has 84 valence electrons. The number of rotatable bonds is 5. The zero-order valence-electron chi connectivity index (χ0n) is 9.18. The van der Waals surface area contributed by atoms with E-state index in [1.54, 1.807) is 17.7 Å². The number of thiazole rings is 1. The molecule has 0 aliphatic heterocycles. The maximum Gasteiger partial charge on any atom is 0.115 e. The lowest BCUT2D eigenvalue weighted by Gasteiger charge is -2.02. The Morgan fingerprint density at radius 3 is 2.75 bits per heavy atom. The van der Waals surface area contributed by atoms with Crippen molar-refractivity contribution in [3.05, 3.63) is 40.4 Å². The minimum absolute atomic E-state index is 0.818. The molecule has 0 aliphatic carbocycles. The van der Waals surface area contributed by atoms with Crippen LogP contribution in [0.1, 0.15) is 15.4 Å². The Morgan fingerprint density at radius 2 is 2.06 bits per heavy atom. The number of hydrogen-bond donors (Lipinski definition) is 1. The summed E-state index contributed by atoms with van der Waals surface area (Å²) in [4.78, 5) is 13.5. The van der Waals surface area contributed by atoms with Gasteiger partial charge in [-0.05, 0) is 13.3 Å². The fraction of sp³-hybridized carbons (Fsp3) is 0.364. The SMILES string of the molecule is Cc1ncc(CCNCc2cncnc2)s1. The van der Waals surface area contributed by atoms with E-state index in [0.29, 0.717) is 0 Å². The maximum atomic E-state index is 4.22. The van der Waals surface area contributed by atoms with Gasteiger partial charge in [0.1, 0.15) is 6.33 Å². The summed E-state index contributed by atoms with van der Waals surface area (Å²) in [6, 6.07) is 0. The first-order chi connectivity index (χ1) is 7.84. The van der Waals surface area contributed by atoms with Crippen LogP contribution in [0.3, 0.4) is 0 Å². The van der Waals surface area contributed by atoms with E-state index in [1.807, 2.05) is 25.5 Å². The summed E-state index contributed by atoms with van der Waals surface area (Å²) in [6.45, 7) is 3.80. The molecule has 0 radical (unpaired) electrons. The van der Waals surface area contributed by atoms with Gasteiger partial charge in [0.15, 0.2) is 0 Å². The predicted octanol–water partition coefficient (Wildman–Crippen LogP) is 1.57. The zero-order valence-corrected chi connectivity index (χ0v) is 10.00. The van der Waals surface area contributed by atoms with Crippen LogP contribution in [0, 0.1) is 6.92 Å². The van der Waals surface area contributed by atoms with Crippen molar-refractivity contribution in [3.8, 4) is 0 Å². The smallest absolute Gasteiger partial charge is 0.115 e. The molecule has 0 saturated carbocycles. The standard InChI is InChI=1S/C11H14N4S/c1-9-15-7-11(16-9)2-3-12-4-10-5-13-8-14-6-10/h5-8,12H,2-4H2,1H3. The third kappa shape index (κ3) is 3.36. The minimum atomic E-state index is 0.818. The van der Waals surface area contributed by atoms with Crippen molar-refractivity contribution < 1.29 is 0 Å². The van der Waals surface area contributed by atoms with Gasteiger partial charge in [0, 0.05) is 42.1 Å². The summed E-state index contributed by atoms with van der Waals surface area (Å²) >= 11 is 1.76. The van der Waals surface area contributed by atoms with Crippen molar-refractivity contribution in [1.82, 2.24) is 20.3 Å². The number of nitrogens with one attached hydrogen (secondary N) is 1. The zero-order chi connectivity index (χ0) is 11.2. The molecule has 2 aromatic rings. The molecule has 0 atom stereocenters. The van der Waals surface area contributed by atoms with Crippen LogP contribution in [0.5, 0.6) is 0 Å². The molecule has 0 unspecified atom stereocenters. The van der Waals surface area contributed by atoms with Gasteiger partial charge in [-0.15, -0.1) is 11.3 Å². The van der Waals surface area contributed by atoms with Crippen LogP contribution in [-0.4, -0.2) is 21.5 Å². The Hall–Kier alpha value is -1.33. The molecule has 2 rings (SSSR count). The van der Waals surface area contributed by atoms with E-state index in [0.717, 1.165) is 30.1 Å². The van der Waals surface area contributed by atoms with Crippen molar-refractivity contribution >= 4 is 11.3 Å². The summed E-state index contributed by atoms with van der Waals surface area (Å²) in [5, 5.41) is 4.49. The van der Waals surface area contributed by atoms with Gasteiger partial charge in [-0.3, -0.25) is 0 Å². The van der Waals surface area contributed by atoms with Crippen molar-refractivity contribution in [2.75, 3.05) is 6.54 Å². The Labute approximate surface area is 98.8 Å². The van der Waals surface area contributed by atoms with Crippen molar-refractivity contribution in [3.63, 3.8) is 0 Å². The van der Waals surface area contributed by atoms with Crippen LogP contribution in [0.15, 0.2) is 24.9 Å². The lowest BCUT2D eigenvalue weighted by Crippen LogP contribution is -2.16. The summed E-state index contributed by atoms with van der Waals surface area (Å²) in [6.07, 6.45) is 8.18. The highest BCUT2D eigenvalue weighted by Crippen LogP contribution is 2.11. The number of aromatic nitrogens is 3. The molecule has 16 heavy (non-hydrogen) atoms. The Bertz CT molecular complexity index is 427. The van der Waals surface area contributed by atoms with Gasteiger partial charge in [-0.25, -0.2) is 15.0 Å². The van der Waals surface area contributed by atoms with E-state index in [2.05, 4.69) is 20.3 Å². The van der Waals surface area contributed by atoms with E-state index >= 15 is 0 Å². The number of nitrogens with zero attached hydrogens (tertiary/aromatic N) is 3. The van der Waals surface area contributed by atoms with E-state index in [-0.39, 0.29) is 0 Å². The van der Waals surface area contributed by atoms with Crippen LogP contribution in [-0.2, 0) is 13.0 Å². The van der Waals surface area contributed by atoms with Crippen LogP contribution >= 0.6 is 11.3 Å². The molecule has 5 heteroatoms. The Morgan fingerprint density at radius 1 is 1.25 bits per heavy atom. The molecular weight excluding hydrogens is 220 g/mol. The van der Waals surface area contributed by atoms with Gasteiger partial charge in [0.2, 0.25) is 0 Å². The topological polar surface area (TPSA) is 50.7 Å².